The quantitative estimate of drug-likeness (QED) is 0.645. The summed E-state index contributed by atoms with van der Waals surface area (Å²) in [4.78, 5) is 0. The second kappa shape index (κ2) is 2.78. The zero-order valence-electron chi connectivity index (χ0n) is 7.29. The first kappa shape index (κ1) is 7.60. The number of hydrogen-bond donors (Lipinski definition) is 1. The summed E-state index contributed by atoms with van der Waals surface area (Å²) in [6.45, 7) is 2.58. The minimum Gasteiger partial charge on any atom is -0.396 e. The summed E-state index contributed by atoms with van der Waals surface area (Å²) >= 11 is 0. The second-order valence-corrected chi connectivity index (χ2v) is 4.49. The van der Waals surface area contributed by atoms with Crippen LogP contribution in [0.3, 0.4) is 0 Å². The van der Waals surface area contributed by atoms with Crippen LogP contribution in [-0.4, -0.2) is 11.7 Å². The maximum Gasteiger partial charge on any atom is 0.0459 e. The van der Waals surface area contributed by atoms with Crippen LogP contribution in [0.5, 0.6) is 0 Å². The summed E-state index contributed by atoms with van der Waals surface area (Å²) in [5, 5.41) is 8.99. The second-order valence-electron chi connectivity index (χ2n) is 4.49. The van der Waals surface area contributed by atoms with Crippen LogP contribution in [0.4, 0.5) is 0 Å². The molecule has 0 aromatic rings. The maximum absolute atomic E-state index is 8.99. The minimum atomic E-state index is 0.391. The lowest BCUT2D eigenvalue weighted by Crippen LogP contribution is -2.19. The smallest absolute Gasteiger partial charge is 0.0459 e. The summed E-state index contributed by atoms with van der Waals surface area (Å²) in [7, 11) is 0. The van der Waals surface area contributed by atoms with Crippen LogP contribution in [0.15, 0.2) is 0 Å². The van der Waals surface area contributed by atoms with Crippen LogP contribution in [0.25, 0.3) is 0 Å². The highest BCUT2D eigenvalue weighted by molar-refractivity contribution is 4.93. The standard InChI is InChI=1S/C10H18O/c1-7(6-11)8-2-3-9-5-10(9)4-8/h7-11H,2-6H2,1H3. The molecule has 0 radical (unpaired) electrons. The topological polar surface area (TPSA) is 20.2 Å². The minimum absolute atomic E-state index is 0.391. The van der Waals surface area contributed by atoms with Crippen LogP contribution in [0.1, 0.15) is 32.6 Å². The lowest BCUT2D eigenvalue weighted by Gasteiger charge is -2.25. The molecule has 11 heavy (non-hydrogen) atoms. The highest BCUT2D eigenvalue weighted by atomic mass is 16.3. The molecule has 0 bridgehead atoms. The van der Waals surface area contributed by atoms with Crippen LogP contribution in [0, 0.1) is 23.7 Å². The van der Waals surface area contributed by atoms with E-state index in [4.69, 9.17) is 5.11 Å². The molecule has 2 fully saturated rings. The van der Waals surface area contributed by atoms with Gasteiger partial charge < -0.3 is 5.11 Å². The lowest BCUT2D eigenvalue weighted by molar-refractivity contribution is 0.157. The van der Waals surface area contributed by atoms with Gasteiger partial charge in [-0.15, -0.1) is 0 Å². The van der Waals surface area contributed by atoms with Gasteiger partial charge in [0.05, 0.1) is 0 Å². The van der Waals surface area contributed by atoms with Crippen molar-refractivity contribution in [3.05, 3.63) is 0 Å². The van der Waals surface area contributed by atoms with Gasteiger partial charge in [-0.2, -0.15) is 0 Å². The highest BCUT2D eigenvalue weighted by Gasteiger charge is 2.42. The van der Waals surface area contributed by atoms with Gasteiger partial charge in [0.15, 0.2) is 0 Å². The van der Waals surface area contributed by atoms with Crippen molar-refractivity contribution in [3.63, 3.8) is 0 Å². The number of hydrogen-bond acceptors (Lipinski definition) is 1. The number of rotatable bonds is 2. The van der Waals surface area contributed by atoms with E-state index in [0.717, 1.165) is 17.8 Å². The van der Waals surface area contributed by atoms with Gasteiger partial charge in [0, 0.05) is 6.61 Å². The van der Waals surface area contributed by atoms with E-state index >= 15 is 0 Å². The van der Waals surface area contributed by atoms with E-state index in [-0.39, 0.29) is 0 Å². The molecule has 0 aromatic heterocycles. The Kier molecular flexibility index (Phi) is 1.92. The number of aliphatic hydroxyl groups is 1. The molecule has 0 amide bonds. The zero-order valence-corrected chi connectivity index (χ0v) is 7.29. The van der Waals surface area contributed by atoms with E-state index in [0.29, 0.717) is 12.5 Å². The van der Waals surface area contributed by atoms with E-state index in [2.05, 4.69) is 6.92 Å². The largest absolute Gasteiger partial charge is 0.396 e. The summed E-state index contributed by atoms with van der Waals surface area (Å²) in [5.74, 6) is 3.54. The van der Waals surface area contributed by atoms with E-state index in [9.17, 15) is 0 Å². The Morgan fingerprint density at radius 2 is 2.09 bits per heavy atom. The summed E-state index contributed by atoms with van der Waals surface area (Å²) in [6, 6.07) is 0. The molecule has 0 heterocycles. The average Bonchev–Trinajstić information content (AvgIpc) is 2.80. The molecule has 0 spiro atoms. The molecule has 4 unspecified atom stereocenters. The van der Waals surface area contributed by atoms with Crippen LogP contribution >= 0.6 is 0 Å². The third-order valence-corrected chi connectivity index (χ3v) is 3.68. The fourth-order valence-electron chi connectivity index (χ4n) is 2.55. The van der Waals surface area contributed by atoms with Gasteiger partial charge >= 0.3 is 0 Å². The van der Waals surface area contributed by atoms with Crippen molar-refractivity contribution in [1.82, 2.24) is 0 Å². The van der Waals surface area contributed by atoms with Crippen molar-refractivity contribution < 1.29 is 5.11 Å². The van der Waals surface area contributed by atoms with Crippen molar-refractivity contribution in [2.24, 2.45) is 23.7 Å². The Morgan fingerprint density at radius 1 is 1.27 bits per heavy atom. The molecule has 0 saturated heterocycles. The predicted molar refractivity (Wildman–Crippen MR) is 45.2 cm³/mol. The van der Waals surface area contributed by atoms with E-state index in [1.54, 1.807) is 0 Å². The Balaban J connectivity index is 1.84. The lowest BCUT2D eigenvalue weighted by atomic mass is 9.81. The predicted octanol–water partition coefficient (Wildman–Crippen LogP) is 2.05. The normalized spacial score (nSPS) is 44.7. The molecular formula is C10H18O. The fraction of sp³-hybridized carbons (Fsp3) is 1.00. The average molecular weight is 154 g/mol. The van der Waals surface area contributed by atoms with Crippen molar-refractivity contribution in [3.8, 4) is 0 Å². The Hall–Kier alpha value is -0.0400. The van der Waals surface area contributed by atoms with Crippen LogP contribution < -0.4 is 0 Å². The van der Waals surface area contributed by atoms with E-state index in [1.165, 1.54) is 25.7 Å². The Labute approximate surface area is 68.8 Å². The Morgan fingerprint density at radius 3 is 2.73 bits per heavy atom. The monoisotopic (exact) mass is 154 g/mol. The van der Waals surface area contributed by atoms with E-state index < -0.39 is 0 Å². The number of fused-ring (bicyclic) bond motifs is 1. The number of aliphatic hydroxyl groups excluding tert-OH is 1. The summed E-state index contributed by atoms with van der Waals surface area (Å²) in [5.41, 5.74) is 0. The molecule has 2 rings (SSSR count). The van der Waals surface area contributed by atoms with Crippen molar-refractivity contribution in [1.29, 1.82) is 0 Å². The van der Waals surface area contributed by atoms with Gasteiger partial charge in [-0.05, 0) is 49.4 Å². The van der Waals surface area contributed by atoms with Gasteiger partial charge in [-0.1, -0.05) is 6.92 Å². The molecule has 2 aliphatic carbocycles. The van der Waals surface area contributed by atoms with Gasteiger partial charge in [-0.25, -0.2) is 0 Å². The Bertz CT molecular complexity index is 144. The molecule has 64 valence electrons. The maximum atomic E-state index is 8.99. The molecule has 2 aliphatic rings. The van der Waals surface area contributed by atoms with Gasteiger partial charge in [0.25, 0.3) is 0 Å². The highest BCUT2D eigenvalue weighted by Crippen LogP contribution is 2.52. The SMILES string of the molecule is CC(CO)C1CCC2CC2C1. The van der Waals surface area contributed by atoms with Crippen molar-refractivity contribution in [2.45, 2.75) is 32.6 Å². The molecule has 2 saturated carbocycles. The van der Waals surface area contributed by atoms with Gasteiger partial charge in [0.2, 0.25) is 0 Å². The zero-order chi connectivity index (χ0) is 7.84. The summed E-state index contributed by atoms with van der Waals surface area (Å²) < 4.78 is 0. The molecule has 4 atom stereocenters. The van der Waals surface area contributed by atoms with Gasteiger partial charge in [0.1, 0.15) is 0 Å². The first-order valence-corrected chi connectivity index (χ1v) is 4.92. The van der Waals surface area contributed by atoms with E-state index in [1.807, 2.05) is 0 Å². The summed E-state index contributed by atoms with van der Waals surface area (Å²) in [6.07, 6.45) is 5.73. The molecular weight excluding hydrogens is 136 g/mol. The third kappa shape index (κ3) is 1.44. The van der Waals surface area contributed by atoms with Crippen molar-refractivity contribution in [2.75, 3.05) is 6.61 Å². The van der Waals surface area contributed by atoms with Gasteiger partial charge in [-0.3, -0.25) is 0 Å². The first-order chi connectivity index (χ1) is 5.31. The van der Waals surface area contributed by atoms with Crippen LogP contribution in [0.2, 0.25) is 0 Å². The third-order valence-electron chi connectivity index (χ3n) is 3.68. The first-order valence-electron chi connectivity index (χ1n) is 4.92. The fourth-order valence-corrected chi connectivity index (χ4v) is 2.55. The van der Waals surface area contributed by atoms with Crippen molar-refractivity contribution >= 4 is 0 Å². The molecule has 1 heteroatoms. The molecule has 1 nitrogen and oxygen atoms in total. The molecule has 0 aliphatic heterocycles. The molecule has 0 aromatic carbocycles. The molecule has 1 N–H and O–H groups in total. The van der Waals surface area contributed by atoms with Crippen LogP contribution in [-0.2, 0) is 0 Å².